The van der Waals surface area contributed by atoms with Gasteiger partial charge in [-0.25, -0.2) is 4.79 Å². The van der Waals surface area contributed by atoms with Gasteiger partial charge in [0.15, 0.2) is 0 Å². The Balaban J connectivity index is 1.70. The molecule has 2 rings (SSSR count). The molecule has 0 spiro atoms. The number of benzene rings is 1. The molecule has 1 aromatic carbocycles. The number of para-hydroxylation sites is 1. The summed E-state index contributed by atoms with van der Waals surface area (Å²) in [5, 5.41) is 9.45. The van der Waals surface area contributed by atoms with E-state index in [9.17, 15) is 4.79 Å². The number of carbonyl (C=O) groups is 1. The predicted octanol–water partition coefficient (Wildman–Crippen LogP) is 2.46. The molecule has 98 valence electrons. The van der Waals surface area contributed by atoms with E-state index in [2.05, 4.69) is 16.0 Å². The maximum atomic E-state index is 11.6. The van der Waals surface area contributed by atoms with Crippen molar-refractivity contribution in [2.75, 3.05) is 25.0 Å². The summed E-state index contributed by atoms with van der Waals surface area (Å²) in [6.45, 7) is 2.85. The van der Waals surface area contributed by atoms with Crippen LogP contribution in [0.3, 0.4) is 0 Å². The van der Waals surface area contributed by atoms with Crippen molar-refractivity contribution in [2.45, 2.75) is 12.8 Å². The highest BCUT2D eigenvalue weighted by molar-refractivity contribution is 6.33. The Labute approximate surface area is 112 Å². The average molecular weight is 268 g/mol. The van der Waals surface area contributed by atoms with Crippen molar-refractivity contribution in [1.29, 1.82) is 0 Å². The number of nitrogens with one attached hydrogen (secondary N) is 3. The topological polar surface area (TPSA) is 53.2 Å². The Morgan fingerprint density at radius 3 is 3.00 bits per heavy atom. The third kappa shape index (κ3) is 3.89. The van der Waals surface area contributed by atoms with Gasteiger partial charge in [-0.1, -0.05) is 23.7 Å². The van der Waals surface area contributed by atoms with Gasteiger partial charge in [0.1, 0.15) is 0 Å². The molecular weight excluding hydrogens is 250 g/mol. The third-order valence-corrected chi connectivity index (χ3v) is 3.45. The van der Waals surface area contributed by atoms with Crippen LogP contribution in [0.25, 0.3) is 0 Å². The zero-order chi connectivity index (χ0) is 12.8. The zero-order valence-corrected chi connectivity index (χ0v) is 11.0. The summed E-state index contributed by atoms with van der Waals surface area (Å²) in [5.74, 6) is 0.686. The zero-order valence-electron chi connectivity index (χ0n) is 10.2. The highest BCUT2D eigenvalue weighted by Crippen LogP contribution is 2.20. The minimum absolute atomic E-state index is 0.200. The van der Waals surface area contributed by atoms with E-state index in [-0.39, 0.29) is 6.03 Å². The maximum absolute atomic E-state index is 11.6. The van der Waals surface area contributed by atoms with E-state index in [0.29, 0.717) is 23.2 Å². The summed E-state index contributed by atoms with van der Waals surface area (Å²) in [5.41, 5.74) is 0.638. The standard InChI is InChI=1S/C13H18ClN3O/c14-11-3-1-2-4-12(11)17-13(18)16-8-6-10-5-7-15-9-10/h1-4,10,15H,5-9H2,(H2,16,17,18). The molecule has 5 heteroatoms. The first-order valence-corrected chi connectivity index (χ1v) is 6.63. The monoisotopic (exact) mass is 267 g/mol. The van der Waals surface area contributed by atoms with Gasteiger partial charge in [-0.05, 0) is 44.0 Å². The van der Waals surface area contributed by atoms with Gasteiger partial charge in [-0.3, -0.25) is 0 Å². The molecular formula is C13H18ClN3O. The number of hydrogen-bond acceptors (Lipinski definition) is 2. The van der Waals surface area contributed by atoms with Gasteiger partial charge in [0, 0.05) is 6.54 Å². The fraction of sp³-hybridized carbons (Fsp3) is 0.462. The molecule has 1 aliphatic rings. The van der Waals surface area contributed by atoms with Crippen LogP contribution in [0.15, 0.2) is 24.3 Å². The van der Waals surface area contributed by atoms with Crippen molar-refractivity contribution >= 4 is 23.3 Å². The van der Waals surface area contributed by atoms with Gasteiger partial charge in [-0.2, -0.15) is 0 Å². The Morgan fingerprint density at radius 1 is 1.44 bits per heavy atom. The molecule has 4 nitrogen and oxygen atoms in total. The average Bonchev–Trinajstić information content (AvgIpc) is 2.85. The molecule has 1 fully saturated rings. The van der Waals surface area contributed by atoms with Crippen molar-refractivity contribution in [3.05, 3.63) is 29.3 Å². The molecule has 1 unspecified atom stereocenters. The summed E-state index contributed by atoms with van der Waals surface area (Å²) in [6, 6.07) is 7.00. The Morgan fingerprint density at radius 2 is 2.28 bits per heavy atom. The second kappa shape index (κ2) is 6.61. The SMILES string of the molecule is O=C(NCCC1CCNC1)Nc1ccccc1Cl. The lowest BCUT2D eigenvalue weighted by atomic mass is 10.1. The molecule has 1 heterocycles. The van der Waals surface area contributed by atoms with E-state index in [1.807, 2.05) is 12.1 Å². The second-order valence-electron chi connectivity index (χ2n) is 4.51. The Bertz CT molecular complexity index is 405. The Hall–Kier alpha value is -1.26. The first-order valence-electron chi connectivity index (χ1n) is 6.26. The summed E-state index contributed by atoms with van der Waals surface area (Å²) < 4.78 is 0. The number of rotatable bonds is 4. The van der Waals surface area contributed by atoms with Crippen LogP contribution in [-0.4, -0.2) is 25.7 Å². The quantitative estimate of drug-likeness (QED) is 0.785. The van der Waals surface area contributed by atoms with Crippen LogP contribution in [-0.2, 0) is 0 Å². The molecule has 1 atom stereocenters. The van der Waals surface area contributed by atoms with Crippen molar-refractivity contribution < 1.29 is 4.79 Å². The first kappa shape index (κ1) is 13.2. The summed E-state index contributed by atoms with van der Waals surface area (Å²) >= 11 is 5.96. The summed E-state index contributed by atoms with van der Waals surface area (Å²) in [4.78, 5) is 11.6. The van der Waals surface area contributed by atoms with Crippen molar-refractivity contribution in [3.63, 3.8) is 0 Å². The number of amides is 2. The first-order chi connectivity index (χ1) is 8.75. The van der Waals surface area contributed by atoms with Crippen LogP contribution in [0, 0.1) is 5.92 Å². The van der Waals surface area contributed by atoms with Gasteiger partial charge in [0.2, 0.25) is 0 Å². The molecule has 0 aromatic heterocycles. The molecule has 0 bridgehead atoms. The smallest absolute Gasteiger partial charge is 0.319 e. The van der Waals surface area contributed by atoms with Crippen molar-refractivity contribution in [1.82, 2.24) is 10.6 Å². The van der Waals surface area contributed by atoms with Crippen LogP contribution >= 0.6 is 11.6 Å². The second-order valence-corrected chi connectivity index (χ2v) is 4.92. The molecule has 1 aliphatic heterocycles. The molecule has 1 saturated heterocycles. The molecule has 0 aliphatic carbocycles. The largest absolute Gasteiger partial charge is 0.338 e. The lowest BCUT2D eigenvalue weighted by Crippen LogP contribution is -2.30. The van der Waals surface area contributed by atoms with E-state index in [1.54, 1.807) is 12.1 Å². The number of halogens is 1. The number of hydrogen-bond donors (Lipinski definition) is 3. The van der Waals surface area contributed by atoms with Gasteiger partial charge in [0.25, 0.3) is 0 Å². The van der Waals surface area contributed by atoms with E-state index >= 15 is 0 Å². The number of anilines is 1. The lowest BCUT2D eigenvalue weighted by molar-refractivity contribution is 0.251. The fourth-order valence-electron chi connectivity index (χ4n) is 2.08. The minimum Gasteiger partial charge on any atom is -0.338 e. The number of carbonyl (C=O) groups excluding carboxylic acids is 1. The number of urea groups is 1. The van der Waals surface area contributed by atoms with E-state index in [1.165, 1.54) is 6.42 Å². The van der Waals surface area contributed by atoms with Crippen LogP contribution in [0.4, 0.5) is 10.5 Å². The minimum atomic E-state index is -0.200. The van der Waals surface area contributed by atoms with Gasteiger partial charge in [0.05, 0.1) is 10.7 Å². The highest BCUT2D eigenvalue weighted by Gasteiger charge is 2.14. The normalized spacial score (nSPS) is 18.6. The molecule has 0 radical (unpaired) electrons. The molecule has 1 aromatic rings. The highest BCUT2D eigenvalue weighted by atomic mass is 35.5. The molecule has 3 N–H and O–H groups in total. The maximum Gasteiger partial charge on any atom is 0.319 e. The summed E-state index contributed by atoms with van der Waals surface area (Å²) in [6.07, 6.45) is 2.22. The third-order valence-electron chi connectivity index (χ3n) is 3.12. The van der Waals surface area contributed by atoms with Gasteiger partial charge in [-0.15, -0.1) is 0 Å². The summed E-state index contributed by atoms with van der Waals surface area (Å²) in [7, 11) is 0. The van der Waals surface area contributed by atoms with Crippen LogP contribution in [0.2, 0.25) is 5.02 Å². The van der Waals surface area contributed by atoms with E-state index < -0.39 is 0 Å². The van der Waals surface area contributed by atoms with Crippen molar-refractivity contribution in [3.8, 4) is 0 Å². The molecule has 18 heavy (non-hydrogen) atoms. The Kier molecular flexibility index (Phi) is 4.84. The van der Waals surface area contributed by atoms with E-state index in [4.69, 9.17) is 11.6 Å². The molecule has 0 saturated carbocycles. The van der Waals surface area contributed by atoms with Gasteiger partial charge >= 0.3 is 6.03 Å². The van der Waals surface area contributed by atoms with Crippen LogP contribution in [0.1, 0.15) is 12.8 Å². The fourth-order valence-corrected chi connectivity index (χ4v) is 2.26. The molecule has 2 amide bonds. The predicted molar refractivity (Wildman–Crippen MR) is 74.1 cm³/mol. The van der Waals surface area contributed by atoms with E-state index in [0.717, 1.165) is 19.5 Å². The van der Waals surface area contributed by atoms with Crippen molar-refractivity contribution in [2.24, 2.45) is 5.92 Å². The lowest BCUT2D eigenvalue weighted by Gasteiger charge is -2.11. The van der Waals surface area contributed by atoms with Crippen LogP contribution < -0.4 is 16.0 Å². The van der Waals surface area contributed by atoms with Gasteiger partial charge < -0.3 is 16.0 Å². The van der Waals surface area contributed by atoms with Crippen LogP contribution in [0.5, 0.6) is 0 Å².